The number of carboxylic acid groups (broad SMARTS) is 1. The van der Waals surface area contributed by atoms with Crippen LogP contribution in [-0.2, 0) is 4.79 Å². The first-order chi connectivity index (χ1) is 2.77. The van der Waals surface area contributed by atoms with Crippen molar-refractivity contribution in [3.63, 3.8) is 0 Å². The molecule has 0 amide bonds. The van der Waals surface area contributed by atoms with Gasteiger partial charge in [-0.25, -0.2) is 0 Å². The van der Waals surface area contributed by atoms with E-state index in [2.05, 4.69) is 0 Å². The van der Waals surface area contributed by atoms with Gasteiger partial charge in [-0.3, -0.25) is 0 Å². The van der Waals surface area contributed by atoms with Crippen molar-refractivity contribution in [3.8, 4) is 0 Å². The third kappa shape index (κ3) is 27.8. The molecule has 0 unspecified atom stereocenters. The Morgan fingerprint density at radius 1 is 1.44 bits per heavy atom. The molecule has 0 aromatic heterocycles. The molecule has 0 heterocycles. The first-order valence-corrected chi connectivity index (χ1v) is 1.97. The Morgan fingerprint density at radius 3 is 1.78 bits per heavy atom. The second kappa shape index (κ2) is 16.0. The maximum absolute atomic E-state index is 9.49. The molecular weight excluding hydrogens is 266 g/mol. The van der Waals surface area contributed by atoms with Crippen molar-refractivity contribution in [3.05, 3.63) is 0 Å². The minimum Gasteiger partial charge on any atom is -1.00 e. The van der Waals surface area contributed by atoms with Crippen molar-refractivity contribution in [2.75, 3.05) is 0 Å². The zero-order chi connectivity index (χ0) is 4.99. The van der Waals surface area contributed by atoms with Crippen LogP contribution in [0.1, 0.15) is 19.8 Å². The maximum Gasteiger partial charge on any atom is 3.00 e. The van der Waals surface area contributed by atoms with Gasteiger partial charge in [-0.15, -0.1) is 0 Å². The molecule has 52 valence electrons. The van der Waals surface area contributed by atoms with Crippen LogP contribution in [0.15, 0.2) is 0 Å². The number of rotatable bonds is 2. The van der Waals surface area contributed by atoms with E-state index >= 15 is 0 Å². The van der Waals surface area contributed by atoms with Gasteiger partial charge in [0.1, 0.15) is 0 Å². The summed E-state index contributed by atoms with van der Waals surface area (Å²) in [7, 11) is 0. The van der Waals surface area contributed by atoms with Crippen LogP contribution < -0.4 is 29.9 Å². The first-order valence-electron chi connectivity index (χ1n) is 1.97. The molecule has 0 radical (unpaired) electrons. The van der Waals surface area contributed by atoms with Crippen molar-refractivity contribution >= 4 is 31.8 Å². The third-order valence-electron chi connectivity index (χ3n) is 0.454. The fourth-order valence-corrected chi connectivity index (χ4v) is 0.204. The summed E-state index contributed by atoms with van der Waals surface area (Å²) in [6.45, 7) is 1.80. The molecule has 0 aliphatic heterocycles. The molecule has 2 nitrogen and oxygen atoms in total. The molecular formula is C4H7Cl2InO2. The minimum atomic E-state index is -0.961. The summed E-state index contributed by atoms with van der Waals surface area (Å²) < 4.78 is 0. The number of carbonyl (C=O) groups excluding carboxylic acids is 1. The molecule has 0 aliphatic carbocycles. The Hall–Kier alpha value is 0.920. The summed E-state index contributed by atoms with van der Waals surface area (Å²) >= 11 is 0. The smallest absolute Gasteiger partial charge is 1.00 e. The van der Waals surface area contributed by atoms with Crippen molar-refractivity contribution < 1.29 is 34.7 Å². The molecule has 0 aromatic rings. The van der Waals surface area contributed by atoms with Crippen LogP contribution in [0.25, 0.3) is 0 Å². The van der Waals surface area contributed by atoms with E-state index in [9.17, 15) is 9.90 Å². The van der Waals surface area contributed by atoms with E-state index in [4.69, 9.17) is 0 Å². The third-order valence-corrected chi connectivity index (χ3v) is 0.454. The predicted octanol–water partition coefficient (Wildman–Crippen LogP) is -6.84. The minimum absolute atomic E-state index is 0. The maximum atomic E-state index is 9.49. The average Bonchev–Trinajstić information content (AvgIpc) is 1.35. The van der Waals surface area contributed by atoms with Gasteiger partial charge in [0.2, 0.25) is 0 Å². The monoisotopic (exact) mass is 272 g/mol. The second-order valence-corrected chi connectivity index (χ2v) is 1.12. The molecule has 0 spiro atoms. The number of carbonyl (C=O) groups is 1. The molecule has 0 bridgehead atoms. The van der Waals surface area contributed by atoms with E-state index in [-0.39, 0.29) is 57.1 Å². The van der Waals surface area contributed by atoms with E-state index in [0.717, 1.165) is 0 Å². The zero-order valence-electron chi connectivity index (χ0n) is 5.06. The fraction of sp³-hybridized carbons (Fsp3) is 0.750. The molecule has 0 saturated carbocycles. The van der Waals surface area contributed by atoms with Crippen molar-refractivity contribution in [1.29, 1.82) is 0 Å². The van der Waals surface area contributed by atoms with Gasteiger partial charge < -0.3 is 34.7 Å². The molecule has 0 rings (SSSR count). The first kappa shape index (κ1) is 22.5. The number of halogens is 2. The van der Waals surface area contributed by atoms with Gasteiger partial charge in [-0.1, -0.05) is 13.3 Å². The van der Waals surface area contributed by atoms with Crippen LogP contribution in [0.4, 0.5) is 0 Å². The summed E-state index contributed by atoms with van der Waals surface area (Å²) in [5.74, 6) is -0.961. The topological polar surface area (TPSA) is 40.1 Å². The molecule has 5 heteroatoms. The van der Waals surface area contributed by atoms with Crippen molar-refractivity contribution in [2.24, 2.45) is 0 Å². The zero-order valence-corrected chi connectivity index (χ0v) is 9.87. The summed E-state index contributed by atoms with van der Waals surface area (Å²) in [5, 5.41) is 9.49. The van der Waals surface area contributed by atoms with Gasteiger partial charge in [0.25, 0.3) is 0 Å². The van der Waals surface area contributed by atoms with Crippen LogP contribution >= 0.6 is 0 Å². The molecule has 9 heavy (non-hydrogen) atoms. The predicted molar refractivity (Wildman–Crippen MR) is 25.7 cm³/mol. The molecule has 0 atom stereocenters. The van der Waals surface area contributed by atoms with Crippen molar-refractivity contribution in [1.82, 2.24) is 0 Å². The van der Waals surface area contributed by atoms with Gasteiger partial charge in [0.15, 0.2) is 0 Å². The summed E-state index contributed by atoms with van der Waals surface area (Å²) in [5.41, 5.74) is 0. The largest absolute Gasteiger partial charge is 3.00 e. The van der Waals surface area contributed by atoms with Crippen LogP contribution in [-0.4, -0.2) is 31.8 Å². The van der Waals surface area contributed by atoms with Gasteiger partial charge in [0, 0.05) is 5.97 Å². The van der Waals surface area contributed by atoms with E-state index in [1.54, 1.807) is 6.92 Å². The summed E-state index contributed by atoms with van der Waals surface area (Å²) in [6.07, 6.45) is 0.850. The van der Waals surface area contributed by atoms with Gasteiger partial charge >= 0.3 is 25.8 Å². The average molecular weight is 273 g/mol. The summed E-state index contributed by atoms with van der Waals surface area (Å²) in [4.78, 5) is 9.49. The second-order valence-electron chi connectivity index (χ2n) is 1.12. The number of hydrogen-bond donors (Lipinski definition) is 0. The normalized spacial score (nSPS) is 5.44. The number of aliphatic carboxylic acids is 1. The summed E-state index contributed by atoms with van der Waals surface area (Å²) in [6, 6.07) is 0. The standard InChI is InChI=1S/C4H8O2.2ClH.In/c1-2-3-4(5)6;;;/h2-3H2,1H3,(H,5,6);2*1H;/q;;;+3/p-3. The van der Waals surface area contributed by atoms with E-state index in [0.29, 0.717) is 6.42 Å². The van der Waals surface area contributed by atoms with E-state index < -0.39 is 5.97 Å². The number of hydrogen-bond acceptors (Lipinski definition) is 2. The van der Waals surface area contributed by atoms with Gasteiger partial charge in [0.05, 0.1) is 0 Å². The Kier molecular flexibility index (Phi) is 40.0. The SMILES string of the molecule is CCCC(=O)[O-].[Cl-].[Cl-].[In+3]. The van der Waals surface area contributed by atoms with E-state index in [1.165, 1.54) is 0 Å². The van der Waals surface area contributed by atoms with Crippen molar-refractivity contribution in [2.45, 2.75) is 19.8 Å². The molecule has 0 aromatic carbocycles. The Labute approximate surface area is 86.0 Å². The van der Waals surface area contributed by atoms with Crippen LogP contribution in [0.3, 0.4) is 0 Å². The van der Waals surface area contributed by atoms with Gasteiger partial charge in [-0.2, -0.15) is 0 Å². The fourth-order valence-electron chi connectivity index (χ4n) is 0.204. The van der Waals surface area contributed by atoms with Gasteiger partial charge in [-0.05, 0) is 6.42 Å². The Balaban J connectivity index is -0.0000000417. The quantitative estimate of drug-likeness (QED) is 0.501. The van der Waals surface area contributed by atoms with Crippen LogP contribution in [0, 0.1) is 0 Å². The van der Waals surface area contributed by atoms with Crippen LogP contribution in [0.2, 0.25) is 0 Å². The Bertz CT molecular complexity index is 60.5. The van der Waals surface area contributed by atoms with Crippen LogP contribution in [0.5, 0.6) is 0 Å². The Morgan fingerprint density at radius 2 is 1.78 bits per heavy atom. The molecule has 0 saturated heterocycles. The van der Waals surface area contributed by atoms with E-state index in [1.807, 2.05) is 0 Å². The molecule has 0 aliphatic rings. The number of carboxylic acids is 1. The molecule has 0 fully saturated rings. The molecule has 0 N–H and O–H groups in total.